The van der Waals surface area contributed by atoms with Crippen LogP contribution in [0.2, 0.25) is 5.02 Å². The molecule has 44 heavy (non-hydrogen) atoms. The highest BCUT2D eigenvalue weighted by Crippen LogP contribution is 2.45. The average Bonchev–Trinajstić information content (AvgIpc) is 3.46. The van der Waals surface area contributed by atoms with Crippen LogP contribution in [-0.2, 0) is 6.18 Å². The first-order valence-corrected chi connectivity index (χ1v) is 14.4. The van der Waals surface area contributed by atoms with Gasteiger partial charge in [0.25, 0.3) is 0 Å². The van der Waals surface area contributed by atoms with E-state index in [1.54, 1.807) is 7.05 Å². The van der Waals surface area contributed by atoms with E-state index in [0.29, 0.717) is 13.1 Å². The first kappa shape index (κ1) is 30.8. The van der Waals surface area contributed by atoms with E-state index in [4.69, 9.17) is 22.1 Å². The fourth-order valence-corrected chi connectivity index (χ4v) is 6.85. The van der Waals surface area contributed by atoms with Gasteiger partial charge in [-0.25, -0.2) is 9.37 Å². The summed E-state index contributed by atoms with van der Waals surface area (Å²) >= 11 is 6.50. The number of nitrogens with one attached hydrogen (secondary N) is 1. The van der Waals surface area contributed by atoms with E-state index in [2.05, 4.69) is 20.3 Å². The second-order valence-electron chi connectivity index (χ2n) is 11.8. The van der Waals surface area contributed by atoms with Crippen molar-refractivity contribution in [2.75, 3.05) is 43.9 Å². The van der Waals surface area contributed by atoms with E-state index >= 15 is 4.39 Å². The van der Waals surface area contributed by atoms with Crippen molar-refractivity contribution in [2.24, 2.45) is 5.92 Å². The number of nitrogen functional groups attached to an aromatic ring is 1. The Hall–Kier alpha value is -3.17. The van der Waals surface area contributed by atoms with Crippen LogP contribution in [0.4, 0.5) is 42.4 Å². The van der Waals surface area contributed by atoms with Crippen molar-refractivity contribution in [1.82, 2.24) is 25.2 Å². The molecule has 3 fully saturated rings. The third-order valence-electron chi connectivity index (χ3n) is 8.67. The third-order valence-corrected chi connectivity index (χ3v) is 8.97. The number of anilines is 2. The molecule has 3 saturated heterocycles. The van der Waals surface area contributed by atoms with E-state index in [-0.39, 0.29) is 70.8 Å². The van der Waals surface area contributed by atoms with Gasteiger partial charge in [0.1, 0.15) is 23.8 Å². The molecule has 0 spiro atoms. The Morgan fingerprint density at radius 2 is 1.73 bits per heavy atom. The van der Waals surface area contributed by atoms with Crippen molar-refractivity contribution >= 4 is 34.1 Å². The molecule has 3 aromatic rings. The van der Waals surface area contributed by atoms with Gasteiger partial charge in [0.05, 0.1) is 27.8 Å². The van der Waals surface area contributed by atoms with Crippen LogP contribution in [0.15, 0.2) is 12.1 Å². The van der Waals surface area contributed by atoms with Crippen molar-refractivity contribution in [2.45, 2.75) is 56.7 Å². The van der Waals surface area contributed by atoms with Crippen LogP contribution in [0.5, 0.6) is 6.01 Å². The number of nitrogens with zero attached hydrogens (tertiary/aromatic N) is 5. The number of nitrogens with two attached hydrogens (primary N) is 1. The van der Waals surface area contributed by atoms with Crippen LogP contribution in [0.1, 0.15) is 30.4 Å². The van der Waals surface area contributed by atoms with Crippen molar-refractivity contribution < 1.29 is 35.5 Å². The normalized spacial score (nSPS) is 24.5. The number of fused-ring (bicyclic) bond motifs is 3. The Bertz CT molecular complexity index is 1590. The number of aromatic nitrogens is 3. The average molecular weight is 648 g/mol. The summed E-state index contributed by atoms with van der Waals surface area (Å²) in [4.78, 5) is 16.0. The van der Waals surface area contributed by atoms with Crippen molar-refractivity contribution in [3.8, 4) is 17.3 Å². The van der Waals surface area contributed by atoms with Gasteiger partial charge in [-0.1, -0.05) is 11.6 Å². The lowest BCUT2D eigenvalue weighted by Crippen LogP contribution is -2.51. The maximum atomic E-state index is 16.5. The maximum Gasteiger partial charge on any atom is 0.418 e. The molecule has 1 aromatic carbocycles. The molecular formula is C28H29ClF7N7O. The van der Waals surface area contributed by atoms with Gasteiger partial charge in [-0.3, -0.25) is 4.90 Å². The van der Waals surface area contributed by atoms with Crippen LogP contribution in [0, 0.1) is 18.7 Å². The summed E-state index contributed by atoms with van der Waals surface area (Å²) in [6.45, 7) is 1.80. The molecule has 6 rings (SSSR count). The van der Waals surface area contributed by atoms with Crippen LogP contribution in [-0.4, -0.2) is 77.4 Å². The lowest BCUT2D eigenvalue weighted by molar-refractivity contribution is -0.170. The smallest absolute Gasteiger partial charge is 0.418 e. The summed E-state index contributed by atoms with van der Waals surface area (Å²) in [5, 5.41) is 3.28. The summed E-state index contributed by atoms with van der Waals surface area (Å²) < 4.78 is 105. The minimum absolute atomic E-state index is 0.142. The number of pyridine rings is 1. The molecule has 3 aliphatic heterocycles. The van der Waals surface area contributed by atoms with E-state index in [1.165, 1.54) is 17.9 Å². The van der Waals surface area contributed by atoms with Crippen molar-refractivity contribution in [1.29, 1.82) is 0 Å². The molecule has 3 N–H and O–H groups in total. The minimum atomic E-state index is -4.91. The highest BCUT2D eigenvalue weighted by molar-refractivity contribution is 6.34. The molecule has 0 amide bonds. The Labute approximate surface area is 252 Å². The zero-order valence-electron chi connectivity index (χ0n) is 23.7. The SMILES string of the molecule is Cc1cc(N)nc(-c2c(Cl)cc3c(N4CC5CCC(C4)N5)nc(OC[C@@H]4C[C@@H](C(F)(F)F)CN4C)nc3c2F)c1C(F)(F)F. The molecule has 0 aliphatic carbocycles. The number of likely N-dealkylation sites (N-methyl/N-ethyl adjacent to an activating group) is 1. The zero-order valence-corrected chi connectivity index (χ0v) is 24.4. The Morgan fingerprint density at radius 3 is 2.34 bits per heavy atom. The number of ether oxygens (including phenoxy) is 1. The number of hydrogen-bond acceptors (Lipinski definition) is 8. The first-order valence-electron chi connectivity index (χ1n) is 14.0. The standard InChI is InChI=1S/C28H29ClF7N7O/c1-12-5-19(37)39-24(21(12)28(34,35)36)20-18(29)7-17-23(22(20)30)40-26(41-25(17)43-9-14-3-4-15(10-43)38-14)44-11-16-6-13(8-42(16)2)27(31,32)33/h5,7,13-16,38H,3-4,6,8-11H2,1-2H3,(H2,37,39)/t13-,14?,15?,16+/m1/s1. The quantitative estimate of drug-likeness (QED) is 0.346. The largest absolute Gasteiger partial charge is 0.462 e. The Balaban J connectivity index is 1.46. The maximum absolute atomic E-state index is 16.5. The number of benzene rings is 1. The predicted octanol–water partition coefficient (Wildman–Crippen LogP) is 5.60. The molecule has 2 aromatic heterocycles. The predicted molar refractivity (Wildman–Crippen MR) is 150 cm³/mol. The highest BCUT2D eigenvalue weighted by Gasteiger charge is 2.46. The lowest BCUT2D eigenvalue weighted by atomic mass is 9.99. The summed E-state index contributed by atoms with van der Waals surface area (Å²) in [5.74, 6) is -2.71. The molecule has 16 heteroatoms. The molecule has 5 heterocycles. The van der Waals surface area contributed by atoms with Crippen LogP contribution < -0.4 is 20.7 Å². The molecule has 0 radical (unpaired) electrons. The molecule has 8 nitrogen and oxygen atoms in total. The molecule has 2 unspecified atom stereocenters. The molecule has 238 valence electrons. The van der Waals surface area contributed by atoms with Gasteiger partial charge in [-0.15, -0.1) is 0 Å². The fraction of sp³-hybridized carbons (Fsp3) is 0.536. The summed E-state index contributed by atoms with van der Waals surface area (Å²) in [6.07, 6.45) is -7.63. The Kier molecular flexibility index (Phi) is 7.72. The van der Waals surface area contributed by atoms with Crippen LogP contribution in [0.3, 0.4) is 0 Å². The first-order chi connectivity index (χ1) is 20.6. The summed E-state index contributed by atoms with van der Waals surface area (Å²) in [6, 6.07) is 1.69. The van der Waals surface area contributed by atoms with Gasteiger partial charge in [0.15, 0.2) is 5.82 Å². The lowest BCUT2D eigenvalue weighted by Gasteiger charge is -2.34. The Morgan fingerprint density at radius 1 is 1.05 bits per heavy atom. The molecule has 2 bridgehead atoms. The van der Waals surface area contributed by atoms with Crippen molar-refractivity contribution in [3.05, 3.63) is 34.1 Å². The second-order valence-corrected chi connectivity index (χ2v) is 12.2. The van der Waals surface area contributed by atoms with Gasteiger partial charge < -0.3 is 20.7 Å². The fourth-order valence-electron chi connectivity index (χ4n) is 6.57. The van der Waals surface area contributed by atoms with E-state index < -0.39 is 47.0 Å². The number of halogens is 8. The van der Waals surface area contributed by atoms with Gasteiger partial charge >= 0.3 is 18.4 Å². The van der Waals surface area contributed by atoms with Crippen molar-refractivity contribution in [3.63, 3.8) is 0 Å². The second kappa shape index (κ2) is 11.0. The number of aryl methyl sites for hydroxylation is 1. The topological polar surface area (TPSA) is 92.4 Å². The van der Waals surface area contributed by atoms with Gasteiger partial charge in [0, 0.05) is 43.1 Å². The minimum Gasteiger partial charge on any atom is -0.462 e. The van der Waals surface area contributed by atoms with E-state index in [0.717, 1.165) is 18.9 Å². The van der Waals surface area contributed by atoms with E-state index in [1.807, 2.05) is 4.90 Å². The monoisotopic (exact) mass is 647 g/mol. The third kappa shape index (κ3) is 5.69. The number of likely N-dealkylation sites (tertiary alicyclic amines) is 1. The molecular weight excluding hydrogens is 619 g/mol. The van der Waals surface area contributed by atoms with Gasteiger partial charge in [0.2, 0.25) is 0 Å². The molecule has 0 saturated carbocycles. The van der Waals surface area contributed by atoms with E-state index in [9.17, 15) is 26.3 Å². The summed E-state index contributed by atoms with van der Waals surface area (Å²) in [7, 11) is 1.55. The van der Waals surface area contributed by atoms with Crippen LogP contribution >= 0.6 is 11.6 Å². The van der Waals surface area contributed by atoms with Gasteiger partial charge in [-0.2, -0.15) is 36.3 Å². The number of alkyl halides is 6. The van der Waals surface area contributed by atoms with Crippen LogP contribution in [0.25, 0.3) is 22.2 Å². The van der Waals surface area contributed by atoms with Gasteiger partial charge in [-0.05, 0) is 50.9 Å². The number of rotatable bonds is 5. The summed E-state index contributed by atoms with van der Waals surface area (Å²) in [5.41, 5.74) is 2.52. The number of hydrogen-bond donors (Lipinski definition) is 2. The molecule has 3 aliphatic rings. The zero-order chi connectivity index (χ0) is 31.7. The molecule has 4 atom stereocenters. The number of piperazine rings is 1. The highest BCUT2D eigenvalue weighted by atomic mass is 35.5.